The minimum absolute atomic E-state index is 0. The maximum Gasteiger partial charge on any atom is 0.226 e. The molecule has 0 saturated heterocycles. The summed E-state index contributed by atoms with van der Waals surface area (Å²) >= 11 is 0. The van der Waals surface area contributed by atoms with Gasteiger partial charge in [-0.05, 0) is 76.2 Å². The van der Waals surface area contributed by atoms with E-state index in [0.29, 0.717) is 0 Å². The molecule has 8 nitrogen and oxygen atoms in total. The van der Waals surface area contributed by atoms with Gasteiger partial charge in [-0.1, -0.05) is 84.6 Å². The minimum Gasteiger partial charge on any atom is -0.412 e. The highest BCUT2D eigenvalue weighted by molar-refractivity contribution is 5.92. The summed E-state index contributed by atoms with van der Waals surface area (Å²) in [6.45, 7) is 12.0. The van der Waals surface area contributed by atoms with Gasteiger partial charge in [0.2, 0.25) is 5.91 Å². The molecule has 43 heavy (non-hydrogen) atoms. The number of carbonyl (C=O) groups excluding carboxylic acids is 1. The summed E-state index contributed by atoms with van der Waals surface area (Å²) in [6.07, 6.45) is 0. The van der Waals surface area contributed by atoms with E-state index in [1.54, 1.807) is 0 Å². The third kappa shape index (κ3) is 19.4. The quantitative estimate of drug-likeness (QED) is 0.216. The van der Waals surface area contributed by atoms with Crippen LogP contribution in [0.5, 0.6) is 0 Å². The number of hydrogen-bond acceptors (Lipinski definition) is 4. The first kappa shape index (κ1) is 43.1. The van der Waals surface area contributed by atoms with Gasteiger partial charge in [0.15, 0.2) is 0 Å². The van der Waals surface area contributed by atoms with Crippen LogP contribution in [-0.2, 0) is 4.79 Å². The van der Waals surface area contributed by atoms with Gasteiger partial charge in [0, 0.05) is 49.8 Å². The molecule has 4 rings (SSSR count). The highest BCUT2D eigenvalue weighted by atomic mass is 16.1. The van der Waals surface area contributed by atoms with Crippen molar-refractivity contribution in [2.45, 2.75) is 41.5 Å². The Morgan fingerprint density at radius 1 is 0.442 bits per heavy atom. The zero-order valence-electron chi connectivity index (χ0n) is 27.2. The van der Waals surface area contributed by atoms with Crippen molar-refractivity contribution < 1.29 is 21.2 Å². The van der Waals surface area contributed by atoms with Crippen LogP contribution in [0.4, 0.5) is 22.7 Å². The Hall–Kier alpha value is -4.37. The molecule has 0 spiro atoms. The van der Waals surface area contributed by atoms with Crippen molar-refractivity contribution in [2.75, 3.05) is 42.4 Å². The number of aryl methyl sites for hydroxylation is 4. The van der Waals surface area contributed by atoms with Crippen molar-refractivity contribution in [2.24, 2.45) is 5.92 Å². The van der Waals surface area contributed by atoms with E-state index in [1.165, 1.54) is 39.3 Å². The second-order valence-corrected chi connectivity index (χ2v) is 9.86. The monoisotopic (exact) mass is 594 g/mol. The van der Waals surface area contributed by atoms with Crippen molar-refractivity contribution in [3.05, 3.63) is 119 Å². The summed E-state index contributed by atoms with van der Waals surface area (Å²) in [6, 6.07) is 32.7. The van der Waals surface area contributed by atoms with Gasteiger partial charge in [0.25, 0.3) is 0 Å². The number of carbonyl (C=O) groups is 1. The van der Waals surface area contributed by atoms with E-state index in [2.05, 4.69) is 115 Å². The Balaban J connectivity index is -0.000000491. The fraction of sp³-hybridized carbons (Fsp3) is 0.286. The lowest BCUT2D eigenvalue weighted by Gasteiger charge is -2.07. The van der Waals surface area contributed by atoms with Crippen LogP contribution >= 0.6 is 0 Å². The lowest BCUT2D eigenvalue weighted by molar-refractivity contribution is -0.118. The molecule has 0 fully saturated rings. The van der Waals surface area contributed by atoms with Crippen molar-refractivity contribution >= 4 is 28.7 Å². The molecule has 4 aromatic carbocycles. The summed E-state index contributed by atoms with van der Waals surface area (Å²) in [4.78, 5) is 11.3. The molecule has 0 aliphatic heterocycles. The Labute approximate surface area is 258 Å². The Bertz CT molecular complexity index is 1120. The van der Waals surface area contributed by atoms with Crippen LogP contribution in [-0.4, -0.2) is 43.5 Å². The average molecular weight is 595 g/mol. The molecule has 4 aromatic rings. The highest BCUT2D eigenvalue weighted by Gasteiger charge is 2.05. The van der Waals surface area contributed by atoms with Gasteiger partial charge >= 0.3 is 0 Å². The maximum atomic E-state index is 11.3. The fourth-order valence-electron chi connectivity index (χ4n) is 3.08. The summed E-state index contributed by atoms with van der Waals surface area (Å²) in [5.41, 5.74) is 9.46. The highest BCUT2D eigenvalue weighted by Crippen LogP contribution is 2.10. The number of nitrogens with one attached hydrogen (secondary N) is 4. The third-order valence-corrected chi connectivity index (χ3v) is 5.86. The summed E-state index contributed by atoms with van der Waals surface area (Å²) in [7, 11) is 5.76. The first-order chi connectivity index (χ1) is 19.1. The largest absolute Gasteiger partial charge is 0.412 e. The normalized spacial score (nSPS) is 8.79. The summed E-state index contributed by atoms with van der Waals surface area (Å²) in [5, 5.41) is 12.0. The molecule has 238 valence electrons. The van der Waals surface area contributed by atoms with Crippen molar-refractivity contribution in [1.29, 1.82) is 0 Å². The second kappa shape index (κ2) is 24.2. The number of hydrogen-bond donors (Lipinski definition) is 4. The van der Waals surface area contributed by atoms with E-state index in [0.717, 1.165) is 5.69 Å². The van der Waals surface area contributed by atoms with Crippen LogP contribution in [0.15, 0.2) is 97.1 Å². The molecular weight excluding hydrogens is 540 g/mol. The SMILES string of the molecule is CNc1ccc(C)cc1.CNc1ccc(C)cc1.CNc1ccc(C)cc1.Cc1ccc(NC(=O)C(C)C)cc1.O.O.O. The van der Waals surface area contributed by atoms with Crippen molar-refractivity contribution in [3.8, 4) is 0 Å². The molecule has 0 aromatic heterocycles. The van der Waals surface area contributed by atoms with E-state index in [1.807, 2.05) is 66.2 Å². The molecule has 0 heterocycles. The zero-order valence-corrected chi connectivity index (χ0v) is 27.2. The molecule has 0 saturated carbocycles. The van der Waals surface area contributed by atoms with E-state index >= 15 is 0 Å². The molecular formula is C35H54N4O4. The molecule has 0 aliphatic carbocycles. The Morgan fingerprint density at radius 3 is 0.837 bits per heavy atom. The van der Waals surface area contributed by atoms with Crippen LogP contribution in [0, 0.1) is 33.6 Å². The Morgan fingerprint density at radius 2 is 0.651 bits per heavy atom. The fourth-order valence-corrected chi connectivity index (χ4v) is 3.08. The minimum atomic E-state index is 0. The van der Waals surface area contributed by atoms with Gasteiger partial charge in [-0.25, -0.2) is 0 Å². The van der Waals surface area contributed by atoms with Crippen LogP contribution < -0.4 is 21.3 Å². The molecule has 0 bridgehead atoms. The van der Waals surface area contributed by atoms with Gasteiger partial charge in [0.1, 0.15) is 0 Å². The Kier molecular flexibility index (Phi) is 24.3. The van der Waals surface area contributed by atoms with E-state index in [9.17, 15) is 4.79 Å². The first-order valence-electron chi connectivity index (χ1n) is 13.7. The van der Waals surface area contributed by atoms with Gasteiger partial charge < -0.3 is 37.7 Å². The van der Waals surface area contributed by atoms with Crippen molar-refractivity contribution in [1.82, 2.24) is 0 Å². The first-order valence-corrected chi connectivity index (χ1v) is 13.7. The lowest BCUT2D eigenvalue weighted by atomic mass is 10.2. The standard InChI is InChI=1S/C11H15NO.3C8H11N.3H2O/c1-8(2)11(13)12-10-6-4-9(3)5-7-10;3*1-7-3-5-8(9-2)6-4-7;;;/h4-8H,1-3H3,(H,12,13);3*3-6,9H,1-2H3;3*1H2. The molecule has 0 aliphatic rings. The lowest BCUT2D eigenvalue weighted by Crippen LogP contribution is -2.17. The van der Waals surface area contributed by atoms with E-state index in [-0.39, 0.29) is 28.3 Å². The van der Waals surface area contributed by atoms with E-state index < -0.39 is 0 Å². The number of benzene rings is 4. The number of anilines is 4. The maximum absolute atomic E-state index is 11.3. The van der Waals surface area contributed by atoms with Gasteiger partial charge in [-0.15, -0.1) is 0 Å². The van der Waals surface area contributed by atoms with Crippen LogP contribution in [0.25, 0.3) is 0 Å². The second-order valence-electron chi connectivity index (χ2n) is 9.86. The van der Waals surface area contributed by atoms with Gasteiger partial charge in [-0.2, -0.15) is 0 Å². The van der Waals surface area contributed by atoms with Crippen LogP contribution in [0.1, 0.15) is 36.1 Å². The molecule has 8 heteroatoms. The van der Waals surface area contributed by atoms with Crippen LogP contribution in [0.2, 0.25) is 0 Å². The topological polar surface area (TPSA) is 160 Å². The zero-order chi connectivity index (χ0) is 29.9. The van der Waals surface area contributed by atoms with Gasteiger partial charge in [-0.3, -0.25) is 4.79 Å². The summed E-state index contributed by atoms with van der Waals surface area (Å²) < 4.78 is 0. The molecule has 0 atom stereocenters. The van der Waals surface area contributed by atoms with E-state index in [4.69, 9.17) is 0 Å². The summed E-state index contributed by atoms with van der Waals surface area (Å²) in [5.74, 6) is 0.0881. The molecule has 10 N–H and O–H groups in total. The smallest absolute Gasteiger partial charge is 0.226 e. The van der Waals surface area contributed by atoms with Gasteiger partial charge in [0.05, 0.1) is 0 Å². The number of rotatable bonds is 5. The molecule has 1 amide bonds. The molecule has 0 unspecified atom stereocenters. The average Bonchev–Trinajstić information content (AvgIpc) is 2.96. The molecule has 0 radical (unpaired) electrons. The third-order valence-electron chi connectivity index (χ3n) is 5.86. The predicted octanol–water partition coefficient (Wildman–Crippen LogP) is 6.23. The van der Waals surface area contributed by atoms with Crippen molar-refractivity contribution in [3.63, 3.8) is 0 Å². The predicted molar refractivity (Wildman–Crippen MR) is 188 cm³/mol. The number of amides is 1. The van der Waals surface area contributed by atoms with Crippen LogP contribution in [0.3, 0.4) is 0 Å².